The molecule has 1 aromatic carbocycles. The van der Waals surface area contributed by atoms with Gasteiger partial charge in [0.25, 0.3) is 0 Å². The second-order valence-corrected chi connectivity index (χ2v) is 4.27. The predicted molar refractivity (Wildman–Crippen MR) is 67.3 cm³/mol. The van der Waals surface area contributed by atoms with Crippen LogP contribution in [-0.2, 0) is 6.54 Å². The Kier molecular flexibility index (Phi) is 4.04. The highest BCUT2D eigenvalue weighted by molar-refractivity contribution is 6.43. The van der Waals surface area contributed by atoms with Crippen molar-refractivity contribution in [1.82, 2.24) is 9.55 Å². The van der Waals surface area contributed by atoms with Crippen LogP contribution >= 0.6 is 23.2 Å². The Morgan fingerprint density at radius 2 is 2.11 bits per heavy atom. The summed E-state index contributed by atoms with van der Waals surface area (Å²) in [5, 5.41) is 3.68. The Hall–Kier alpha value is -1.33. The van der Waals surface area contributed by atoms with E-state index in [9.17, 15) is 8.78 Å². The van der Waals surface area contributed by atoms with Crippen molar-refractivity contribution in [3.63, 3.8) is 0 Å². The van der Waals surface area contributed by atoms with E-state index < -0.39 is 6.55 Å². The molecule has 0 saturated carbocycles. The van der Waals surface area contributed by atoms with E-state index in [1.54, 1.807) is 18.2 Å². The molecule has 96 valence electrons. The van der Waals surface area contributed by atoms with Gasteiger partial charge in [0.15, 0.2) is 0 Å². The number of alkyl halides is 2. The number of rotatable bonds is 4. The number of anilines is 1. The second kappa shape index (κ2) is 5.54. The highest BCUT2D eigenvalue weighted by Crippen LogP contribution is 2.29. The van der Waals surface area contributed by atoms with Crippen molar-refractivity contribution >= 4 is 28.9 Å². The lowest BCUT2D eigenvalue weighted by atomic mass is 10.3. The fourth-order valence-corrected chi connectivity index (χ4v) is 1.84. The molecule has 2 aromatic rings. The number of hydrogen-bond donors (Lipinski definition) is 1. The Balaban J connectivity index is 2.12. The van der Waals surface area contributed by atoms with Gasteiger partial charge in [0.2, 0.25) is 0 Å². The fraction of sp³-hybridized carbons (Fsp3) is 0.182. The highest BCUT2D eigenvalue weighted by atomic mass is 35.5. The zero-order valence-corrected chi connectivity index (χ0v) is 10.6. The largest absolute Gasteiger partial charge is 0.377 e. The zero-order valence-electron chi connectivity index (χ0n) is 9.08. The van der Waals surface area contributed by atoms with Gasteiger partial charge >= 0.3 is 6.55 Å². The maximum absolute atomic E-state index is 12.6. The van der Waals surface area contributed by atoms with Crippen molar-refractivity contribution in [3.8, 4) is 0 Å². The summed E-state index contributed by atoms with van der Waals surface area (Å²) in [6.45, 7) is -2.48. The molecule has 0 unspecified atom stereocenters. The van der Waals surface area contributed by atoms with Crippen molar-refractivity contribution in [2.45, 2.75) is 13.1 Å². The average molecular weight is 292 g/mol. The lowest BCUT2D eigenvalue weighted by Gasteiger charge is -2.10. The van der Waals surface area contributed by atoms with Gasteiger partial charge in [0, 0.05) is 12.4 Å². The van der Waals surface area contributed by atoms with E-state index in [1.807, 2.05) is 0 Å². The van der Waals surface area contributed by atoms with E-state index >= 15 is 0 Å². The van der Waals surface area contributed by atoms with E-state index in [1.165, 1.54) is 12.4 Å². The lowest BCUT2D eigenvalue weighted by Crippen LogP contribution is -2.09. The lowest BCUT2D eigenvalue weighted by molar-refractivity contribution is 0.0673. The van der Waals surface area contributed by atoms with Crippen LogP contribution in [0.3, 0.4) is 0 Å². The Bertz CT molecular complexity index is 543. The molecule has 0 spiro atoms. The minimum absolute atomic E-state index is 0.136. The van der Waals surface area contributed by atoms with Crippen LogP contribution in [0.5, 0.6) is 0 Å². The third kappa shape index (κ3) is 2.73. The average Bonchev–Trinajstić information content (AvgIpc) is 2.79. The van der Waals surface area contributed by atoms with Crippen LogP contribution < -0.4 is 5.32 Å². The third-order valence-corrected chi connectivity index (χ3v) is 3.17. The minimum atomic E-state index is -2.61. The van der Waals surface area contributed by atoms with Gasteiger partial charge in [-0.25, -0.2) is 4.98 Å². The van der Waals surface area contributed by atoms with Crippen molar-refractivity contribution in [2.75, 3.05) is 5.32 Å². The summed E-state index contributed by atoms with van der Waals surface area (Å²) in [4.78, 5) is 3.85. The number of imidazole rings is 1. The molecular weight excluding hydrogens is 283 g/mol. The first-order valence-electron chi connectivity index (χ1n) is 5.07. The number of hydrogen-bond acceptors (Lipinski definition) is 2. The monoisotopic (exact) mass is 291 g/mol. The topological polar surface area (TPSA) is 29.9 Å². The van der Waals surface area contributed by atoms with Crippen molar-refractivity contribution in [1.29, 1.82) is 0 Å². The first-order valence-corrected chi connectivity index (χ1v) is 5.83. The van der Waals surface area contributed by atoms with Crippen LogP contribution in [0.15, 0.2) is 30.6 Å². The standard InChI is InChI=1S/C11H9Cl2F2N3/c12-7-2-1-3-8(10(7)13)17-6-9-16-4-5-18(9)11(14)15/h1-5,11,17H,6H2. The van der Waals surface area contributed by atoms with Crippen LogP contribution in [0.2, 0.25) is 10.0 Å². The highest BCUT2D eigenvalue weighted by Gasteiger charge is 2.11. The maximum Gasteiger partial charge on any atom is 0.319 e. The van der Waals surface area contributed by atoms with Crippen LogP contribution in [0.4, 0.5) is 14.5 Å². The number of aromatic nitrogens is 2. The molecule has 3 nitrogen and oxygen atoms in total. The van der Waals surface area contributed by atoms with E-state index in [0.717, 1.165) is 4.57 Å². The summed E-state index contributed by atoms with van der Waals surface area (Å²) in [5.74, 6) is 0.223. The summed E-state index contributed by atoms with van der Waals surface area (Å²) in [5.41, 5.74) is 0.577. The summed E-state index contributed by atoms with van der Waals surface area (Å²) in [7, 11) is 0. The molecule has 1 aromatic heterocycles. The van der Waals surface area contributed by atoms with Gasteiger partial charge in [-0.15, -0.1) is 0 Å². The minimum Gasteiger partial charge on any atom is -0.377 e. The summed E-state index contributed by atoms with van der Waals surface area (Å²) in [6.07, 6.45) is 2.55. The van der Waals surface area contributed by atoms with Gasteiger partial charge < -0.3 is 5.32 Å². The van der Waals surface area contributed by atoms with Gasteiger partial charge in [-0.2, -0.15) is 8.78 Å². The second-order valence-electron chi connectivity index (χ2n) is 3.48. The summed E-state index contributed by atoms with van der Waals surface area (Å²) < 4.78 is 25.9. The molecular formula is C11H9Cl2F2N3. The normalized spacial score (nSPS) is 10.9. The molecule has 0 saturated heterocycles. The van der Waals surface area contributed by atoms with Gasteiger partial charge in [0.1, 0.15) is 5.82 Å². The van der Waals surface area contributed by atoms with Gasteiger partial charge in [-0.3, -0.25) is 4.57 Å². The van der Waals surface area contributed by atoms with Crippen molar-refractivity contribution in [3.05, 3.63) is 46.5 Å². The van der Waals surface area contributed by atoms with Crippen molar-refractivity contribution in [2.24, 2.45) is 0 Å². The number of nitrogens with zero attached hydrogens (tertiary/aromatic N) is 2. The van der Waals surface area contributed by atoms with E-state index in [4.69, 9.17) is 23.2 Å². The molecule has 0 atom stereocenters. The first-order chi connectivity index (χ1) is 8.59. The van der Waals surface area contributed by atoms with Gasteiger partial charge in [0.05, 0.1) is 22.3 Å². The molecule has 18 heavy (non-hydrogen) atoms. The number of nitrogens with one attached hydrogen (secondary N) is 1. The molecule has 0 bridgehead atoms. The maximum atomic E-state index is 12.6. The van der Waals surface area contributed by atoms with Crippen LogP contribution in [0.25, 0.3) is 0 Å². The zero-order chi connectivity index (χ0) is 13.1. The van der Waals surface area contributed by atoms with Crippen LogP contribution in [-0.4, -0.2) is 9.55 Å². The molecule has 0 aliphatic carbocycles. The Labute approximate surface area is 112 Å². The van der Waals surface area contributed by atoms with Gasteiger partial charge in [-0.05, 0) is 12.1 Å². The molecule has 0 fully saturated rings. The molecule has 1 N–H and O–H groups in total. The summed E-state index contributed by atoms with van der Waals surface area (Å²) in [6, 6.07) is 5.08. The van der Waals surface area contributed by atoms with Gasteiger partial charge in [-0.1, -0.05) is 29.3 Å². The SMILES string of the molecule is FC(F)n1ccnc1CNc1cccc(Cl)c1Cl. The number of halogens is 4. The molecule has 7 heteroatoms. The molecule has 0 aliphatic rings. The third-order valence-electron chi connectivity index (χ3n) is 2.35. The smallest absolute Gasteiger partial charge is 0.319 e. The molecule has 2 rings (SSSR count). The molecule has 0 aliphatic heterocycles. The van der Waals surface area contributed by atoms with Crippen molar-refractivity contribution < 1.29 is 8.78 Å². The fourth-order valence-electron chi connectivity index (χ4n) is 1.47. The Morgan fingerprint density at radius 3 is 2.83 bits per heavy atom. The molecule has 1 heterocycles. The Morgan fingerprint density at radius 1 is 1.33 bits per heavy atom. The first kappa shape index (κ1) is 13.1. The van der Waals surface area contributed by atoms with Crippen LogP contribution in [0.1, 0.15) is 12.4 Å². The quantitative estimate of drug-likeness (QED) is 0.915. The van der Waals surface area contributed by atoms with E-state index in [0.29, 0.717) is 15.7 Å². The predicted octanol–water partition coefficient (Wildman–Crippen LogP) is 4.20. The number of benzene rings is 1. The molecule has 0 amide bonds. The summed E-state index contributed by atoms with van der Waals surface area (Å²) >= 11 is 11.8. The molecule has 0 radical (unpaired) electrons. The van der Waals surface area contributed by atoms with E-state index in [-0.39, 0.29) is 12.4 Å². The van der Waals surface area contributed by atoms with Crippen LogP contribution in [0, 0.1) is 0 Å². The van der Waals surface area contributed by atoms with E-state index in [2.05, 4.69) is 10.3 Å².